The van der Waals surface area contributed by atoms with Crippen molar-refractivity contribution in [1.29, 1.82) is 0 Å². The quantitative estimate of drug-likeness (QED) is 0.625. The van der Waals surface area contributed by atoms with E-state index in [1.54, 1.807) is 0 Å². The van der Waals surface area contributed by atoms with E-state index in [0.717, 1.165) is 69.2 Å². The maximum absolute atomic E-state index is 10.7. The number of nitrogens with one attached hydrogen (secondary N) is 1. The minimum atomic E-state index is -0.718. The van der Waals surface area contributed by atoms with Crippen LogP contribution < -0.4 is 10.1 Å². The first kappa shape index (κ1) is 22.1. The number of hydrogen-bond donors (Lipinski definition) is 2. The Bertz CT molecular complexity index is 869. The Labute approximate surface area is 202 Å². The van der Waals surface area contributed by atoms with Gasteiger partial charge in [0.05, 0.1) is 0 Å². The number of benzene rings is 1. The van der Waals surface area contributed by atoms with Crippen LogP contribution >= 0.6 is 0 Å². The molecule has 1 unspecified atom stereocenters. The van der Waals surface area contributed by atoms with E-state index in [4.69, 9.17) is 19.2 Å². The molecule has 2 atom stereocenters. The van der Waals surface area contributed by atoms with Crippen LogP contribution in [0.3, 0.4) is 0 Å². The SMILES string of the molecule is OC1(COc2ccc(C3CCC[C@]4(C3)OOC3(O4)C4CC5CC(C4)CC3C5)cc2)CCNCC1. The third-order valence-electron chi connectivity index (χ3n) is 10.0. The highest BCUT2D eigenvalue weighted by Crippen LogP contribution is 2.64. The normalized spacial score (nSPS) is 44.7. The largest absolute Gasteiger partial charge is 0.491 e. The fourth-order valence-electron chi connectivity index (χ4n) is 8.35. The molecule has 1 aromatic rings. The van der Waals surface area contributed by atoms with Gasteiger partial charge in [0.25, 0.3) is 0 Å². The third-order valence-corrected chi connectivity index (χ3v) is 10.0. The van der Waals surface area contributed by atoms with E-state index in [0.29, 0.717) is 24.4 Å². The van der Waals surface area contributed by atoms with Crippen molar-refractivity contribution in [3.8, 4) is 5.75 Å². The van der Waals surface area contributed by atoms with Crippen LogP contribution in [0.15, 0.2) is 24.3 Å². The molecule has 0 amide bonds. The molecule has 5 saturated carbocycles. The number of rotatable bonds is 4. The highest BCUT2D eigenvalue weighted by atomic mass is 17.3. The van der Waals surface area contributed by atoms with E-state index in [-0.39, 0.29) is 0 Å². The van der Waals surface area contributed by atoms with E-state index in [1.165, 1.54) is 37.7 Å². The van der Waals surface area contributed by atoms with Gasteiger partial charge in [-0.05, 0) is 106 Å². The number of ether oxygens (including phenoxy) is 2. The maximum atomic E-state index is 10.7. The van der Waals surface area contributed by atoms with Gasteiger partial charge in [0.2, 0.25) is 11.6 Å². The van der Waals surface area contributed by atoms with Crippen LogP contribution in [0, 0.1) is 23.7 Å². The first-order valence-electron chi connectivity index (χ1n) is 13.8. The summed E-state index contributed by atoms with van der Waals surface area (Å²) in [5.74, 6) is 2.93. The molecule has 7 aliphatic rings. The van der Waals surface area contributed by atoms with Crippen LogP contribution in [-0.4, -0.2) is 42.0 Å². The molecule has 2 spiro atoms. The van der Waals surface area contributed by atoms with E-state index in [9.17, 15) is 5.11 Å². The fourth-order valence-corrected chi connectivity index (χ4v) is 8.35. The lowest BCUT2D eigenvalue weighted by Crippen LogP contribution is -2.59. The molecule has 186 valence electrons. The highest BCUT2D eigenvalue weighted by Gasteiger charge is 2.67. The summed E-state index contributed by atoms with van der Waals surface area (Å²) < 4.78 is 12.9. The number of aliphatic hydroxyl groups is 1. The van der Waals surface area contributed by atoms with Gasteiger partial charge < -0.3 is 19.9 Å². The van der Waals surface area contributed by atoms with Crippen LogP contribution in [0.2, 0.25) is 0 Å². The predicted molar refractivity (Wildman–Crippen MR) is 126 cm³/mol. The Kier molecular flexibility index (Phi) is 5.30. The summed E-state index contributed by atoms with van der Waals surface area (Å²) in [4.78, 5) is 12.4. The van der Waals surface area contributed by atoms with E-state index in [1.807, 2.05) is 12.1 Å². The fraction of sp³-hybridized carbons (Fsp3) is 0.786. The molecular formula is C28H39NO5. The second-order valence-corrected chi connectivity index (χ2v) is 12.3. The molecule has 34 heavy (non-hydrogen) atoms. The molecule has 2 aliphatic heterocycles. The van der Waals surface area contributed by atoms with Crippen molar-refractivity contribution < 1.29 is 24.4 Å². The van der Waals surface area contributed by atoms with Gasteiger partial charge in [0.1, 0.15) is 18.0 Å². The summed E-state index contributed by atoms with van der Waals surface area (Å²) in [7, 11) is 0. The van der Waals surface area contributed by atoms with E-state index >= 15 is 0 Å². The standard InChI is InChI=1S/C28H39NO5/c30-26(8-10-29-11-9-26)18-31-25-5-3-21(4-6-25)22-2-1-7-27(17-22)32-28(34-33-27)23-13-19-12-20(15-23)16-24(28)14-19/h3-6,19-20,22-24,29-30H,1-2,7-18H2/t19?,20?,22?,23?,24?,27-,28?/m1/s1. The third kappa shape index (κ3) is 3.72. The summed E-state index contributed by atoms with van der Waals surface area (Å²) in [5.41, 5.74) is 0.593. The van der Waals surface area contributed by atoms with Gasteiger partial charge in [0, 0.05) is 24.7 Å². The molecule has 1 aromatic carbocycles. The first-order valence-corrected chi connectivity index (χ1v) is 13.8. The average molecular weight is 470 g/mol. The summed E-state index contributed by atoms with van der Waals surface area (Å²) in [5, 5.41) is 14.0. The Morgan fingerprint density at radius 2 is 1.62 bits per heavy atom. The maximum Gasteiger partial charge on any atom is 0.210 e. The molecule has 6 nitrogen and oxygen atoms in total. The Morgan fingerprint density at radius 3 is 2.32 bits per heavy atom. The van der Waals surface area contributed by atoms with E-state index in [2.05, 4.69) is 17.4 Å². The smallest absolute Gasteiger partial charge is 0.210 e. The zero-order valence-corrected chi connectivity index (χ0v) is 20.2. The van der Waals surface area contributed by atoms with Crippen molar-refractivity contribution in [3.05, 3.63) is 29.8 Å². The van der Waals surface area contributed by atoms with Crippen LogP contribution in [0.4, 0.5) is 0 Å². The predicted octanol–water partition coefficient (Wildman–Crippen LogP) is 4.66. The lowest BCUT2D eigenvalue weighted by atomic mass is 9.53. The molecule has 2 heterocycles. The van der Waals surface area contributed by atoms with Crippen molar-refractivity contribution in [2.75, 3.05) is 19.7 Å². The van der Waals surface area contributed by atoms with Gasteiger partial charge in [-0.15, -0.1) is 0 Å². The van der Waals surface area contributed by atoms with Crippen molar-refractivity contribution in [3.63, 3.8) is 0 Å². The van der Waals surface area contributed by atoms with Gasteiger partial charge in [-0.2, -0.15) is 9.78 Å². The van der Waals surface area contributed by atoms with Crippen molar-refractivity contribution >= 4 is 0 Å². The minimum Gasteiger partial charge on any atom is -0.491 e. The Morgan fingerprint density at radius 1 is 0.912 bits per heavy atom. The summed E-state index contributed by atoms with van der Waals surface area (Å²) in [6.07, 6.45) is 11.9. The van der Waals surface area contributed by atoms with Gasteiger partial charge in [-0.25, -0.2) is 0 Å². The second kappa shape index (κ2) is 8.17. The molecule has 0 aromatic heterocycles. The van der Waals surface area contributed by atoms with Crippen molar-refractivity contribution in [2.45, 2.75) is 93.7 Å². The zero-order valence-electron chi connectivity index (χ0n) is 20.2. The molecular weight excluding hydrogens is 430 g/mol. The van der Waals surface area contributed by atoms with Gasteiger partial charge in [0.15, 0.2) is 0 Å². The minimum absolute atomic E-state index is 0.353. The molecule has 4 bridgehead atoms. The first-order chi connectivity index (χ1) is 16.5. The molecule has 2 saturated heterocycles. The van der Waals surface area contributed by atoms with Gasteiger partial charge >= 0.3 is 0 Å². The average Bonchev–Trinajstić information content (AvgIpc) is 3.21. The number of piperidine rings is 1. The summed E-state index contributed by atoms with van der Waals surface area (Å²) in [6.45, 7) is 2.05. The molecule has 5 aliphatic carbocycles. The summed E-state index contributed by atoms with van der Waals surface area (Å²) in [6, 6.07) is 8.46. The Hall–Kier alpha value is -1.18. The van der Waals surface area contributed by atoms with Crippen molar-refractivity contribution in [2.24, 2.45) is 23.7 Å². The van der Waals surface area contributed by atoms with E-state index < -0.39 is 17.2 Å². The topological polar surface area (TPSA) is 69.2 Å². The number of hydrogen-bond acceptors (Lipinski definition) is 6. The molecule has 7 fully saturated rings. The molecule has 8 rings (SSSR count). The second-order valence-electron chi connectivity index (χ2n) is 12.3. The molecule has 6 heteroatoms. The van der Waals surface area contributed by atoms with Gasteiger partial charge in [-0.3, -0.25) is 0 Å². The molecule has 2 N–H and O–H groups in total. The van der Waals surface area contributed by atoms with Crippen molar-refractivity contribution in [1.82, 2.24) is 5.32 Å². The molecule has 0 radical (unpaired) electrons. The van der Waals surface area contributed by atoms with Crippen LogP contribution in [0.25, 0.3) is 0 Å². The Balaban J connectivity index is 1.01. The summed E-state index contributed by atoms with van der Waals surface area (Å²) >= 11 is 0. The lowest BCUT2D eigenvalue weighted by molar-refractivity contribution is -0.390. The zero-order chi connectivity index (χ0) is 22.8. The lowest BCUT2D eigenvalue weighted by Gasteiger charge is -2.57. The van der Waals surface area contributed by atoms with Crippen LogP contribution in [-0.2, 0) is 14.5 Å². The van der Waals surface area contributed by atoms with Crippen LogP contribution in [0.1, 0.15) is 82.1 Å². The monoisotopic (exact) mass is 469 g/mol. The van der Waals surface area contributed by atoms with Crippen LogP contribution in [0.5, 0.6) is 5.75 Å². The van der Waals surface area contributed by atoms with Gasteiger partial charge in [-0.1, -0.05) is 12.1 Å². The highest BCUT2D eigenvalue weighted by molar-refractivity contribution is 5.30.